The standard InChI is InChI=1S/C8H14BrNO3/c1-3-4-6(8(12)13)10-7(11)5(2)9/h5-6H,3-4H2,1-2H3,(H,10,11)(H,12,13)/t5-,6+/m0/s1. The lowest BCUT2D eigenvalue weighted by molar-refractivity contribution is -0.141. The van der Waals surface area contributed by atoms with Crippen LogP contribution in [0.1, 0.15) is 26.7 Å². The van der Waals surface area contributed by atoms with Gasteiger partial charge in [0.1, 0.15) is 6.04 Å². The third-order valence-corrected chi connectivity index (χ3v) is 1.97. The normalized spacial score (nSPS) is 14.7. The summed E-state index contributed by atoms with van der Waals surface area (Å²) in [4.78, 5) is 21.4. The van der Waals surface area contributed by atoms with Crippen LogP contribution in [-0.2, 0) is 9.59 Å². The number of carboxylic acids is 1. The van der Waals surface area contributed by atoms with Crippen molar-refractivity contribution in [1.82, 2.24) is 5.32 Å². The Labute approximate surface area is 85.8 Å². The van der Waals surface area contributed by atoms with Gasteiger partial charge in [0.2, 0.25) is 5.91 Å². The second-order valence-corrected chi connectivity index (χ2v) is 4.18. The average Bonchev–Trinajstić information content (AvgIpc) is 2.03. The van der Waals surface area contributed by atoms with E-state index in [1.54, 1.807) is 6.92 Å². The molecule has 0 aliphatic heterocycles. The van der Waals surface area contributed by atoms with Crippen molar-refractivity contribution < 1.29 is 14.7 Å². The predicted molar refractivity (Wildman–Crippen MR) is 52.9 cm³/mol. The van der Waals surface area contributed by atoms with Crippen LogP contribution in [0.25, 0.3) is 0 Å². The zero-order valence-electron chi connectivity index (χ0n) is 7.71. The van der Waals surface area contributed by atoms with Crippen molar-refractivity contribution in [3.63, 3.8) is 0 Å². The molecule has 0 spiro atoms. The van der Waals surface area contributed by atoms with Crippen LogP contribution >= 0.6 is 15.9 Å². The van der Waals surface area contributed by atoms with Crippen LogP contribution in [-0.4, -0.2) is 27.9 Å². The number of nitrogens with one attached hydrogen (secondary N) is 1. The average molecular weight is 252 g/mol. The minimum Gasteiger partial charge on any atom is -0.480 e. The number of amides is 1. The first kappa shape index (κ1) is 12.4. The summed E-state index contributed by atoms with van der Waals surface area (Å²) in [5.74, 6) is -1.27. The lowest BCUT2D eigenvalue weighted by Gasteiger charge is -2.14. The van der Waals surface area contributed by atoms with E-state index >= 15 is 0 Å². The van der Waals surface area contributed by atoms with Crippen molar-refractivity contribution in [2.75, 3.05) is 0 Å². The maximum Gasteiger partial charge on any atom is 0.326 e. The van der Waals surface area contributed by atoms with Crippen molar-refractivity contribution in [2.45, 2.75) is 37.6 Å². The molecule has 76 valence electrons. The topological polar surface area (TPSA) is 66.4 Å². The van der Waals surface area contributed by atoms with Crippen LogP contribution in [0.4, 0.5) is 0 Å². The number of carbonyl (C=O) groups excluding carboxylic acids is 1. The van der Waals surface area contributed by atoms with E-state index in [2.05, 4.69) is 21.2 Å². The molecule has 4 nitrogen and oxygen atoms in total. The number of halogens is 1. The molecule has 0 bridgehead atoms. The van der Waals surface area contributed by atoms with E-state index in [1.807, 2.05) is 6.92 Å². The van der Waals surface area contributed by atoms with E-state index in [9.17, 15) is 9.59 Å². The molecular formula is C8H14BrNO3. The van der Waals surface area contributed by atoms with Gasteiger partial charge in [0.05, 0.1) is 4.83 Å². The molecule has 2 N–H and O–H groups in total. The summed E-state index contributed by atoms with van der Waals surface area (Å²) < 4.78 is 0. The molecule has 13 heavy (non-hydrogen) atoms. The van der Waals surface area contributed by atoms with Crippen molar-refractivity contribution in [1.29, 1.82) is 0 Å². The molecule has 1 amide bonds. The summed E-state index contributed by atoms with van der Waals surface area (Å²) >= 11 is 3.06. The van der Waals surface area contributed by atoms with Gasteiger partial charge in [0.25, 0.3) is 0 Å². The molecule has 0 aromatic rings. The molecule has 0 rings (SSSR count). The van der Waals surface area contributed by atoms with E-state index < -0.39 is 12.0 Å². The zero-order chi connectivity index (χ0) is 10.4. The molecule has 0 saturated carbocycles. The Bertz CT molecular complexity index is 194. The van der Waals surface area contributed by atoms with Gasteiger partial charge in [-0.15, -0.1) is 0 Å². The molecular weight excluding hydrogens is 238 g/mol. The van der Waals surface area contributed by atoms with Gasteiger partial charge in [-0.1, -0.05) is 29.3 Å². The summed E-state index contributed by atoms with van der Waals surface area (Å²) in [6, 6.07) is -0.766. The number of alkyl halides is 1. The van der Waals surface area contributed by atoms with Gasteiger partial charge in [-0.05, 0) is 13.3 Å². The van der Waals surface area contributed by atoms with Crippen LogP contribution in [0.15, 0.2) is 0 Å². The molecule has 0 fully saturated rings. The largest absolute Gasteiger partial charge is 0.480 e. The highest BCUT2D eigenvalue weighted by molar-refractivity contribution is 9.10. The van der Waals surface area contributed by atoms with E-state index in [4.69, 9.17) is 5.11 Å². The Morgan fingerprint density at radius 1 is 1.54 bits per heavy atom. The predicted octanol–water partition coefficient (Wildman–Crippen LogP) is 1.14. The molecule has 0 aliphatic carbocycles. The summed E-state index contributed by atoms with van der Waals surface area (Å²) in [7, 11) is 0. The van der Waals surface area contributed by atoms with Gasteiger partial charge < -0.3 is 10.4 Å². The fourth-order valence-corrected chi connectivity index (χ4v) is 0.965. The number of hydrogen-bond acceptors (Lipinski definition) is 2. The van der Waals surface area contributed by atoms with Gasteiger partial charge in [0, 0.05) is 0 Å². The lowest BCUT2D eigenvalue weighted by atomic mass is 10.1. The molecule has 5 heteroatoms. The van der Waals surface area contributed by atoms with Crippen LogP contribution in [0.2, 0.25) is 0 Å². The second-order valence-electron chi connectivity index (χ2n) is 2.80. The molecule has 0 aromatic carbocycles. The van der Waals surface area contributed by atoms with Gasteiger partial charge in [-0.3, -0.25) is 4.79 Å². The fourth-order valence-electron chi connectivity index (χ4n) is 0.833. The minimum atomic E-state index is -0.983. The number of rotatable bonds is 5. The molecule has 0 saturated heterocycles. The summed E-state index contributed by atoms with van der Waals surface area (Å²) in [5.41, 5.74) is 0. The van der Waals surface area contributed by atoms with Crippen molar-refractivity contribution in [3.8, 4) is 0 Å². The smallest absolute Gasteiger partial charge is 0.326 e. The summed E-state index contributed by atoms with van der Waals surface area (Å²) in [5, 5.41) is 11.1. The molecule has 2 atom stereocenters. The molecule has 0 heterocycles. The van der Waals surface area contributed by atoms with E-state index in [0.29, 0.717) is 6.42 Å². The van der Waals surface area contributed by atoms with Gasteiger partial charge in [-0.25, -0.2) is 4.79 Å². The molecule has 0 unspecified atom stereocenters. The highest BCUT2D eigenvalue weighted by Crippen LogP contribution is 2.01. The van der Waals surface area contributed by atoms with Crippen LogP contribution in [0, 0.1) is 0 Å². The SMILES string of the molecule is CCC[C@@H](NC(=O)[C@H](C)Br)C(=O)O. The maximum atomic E-state index is 11.1. The van der Waals surface area contributed by atoms with Crippen molar-refractivity contribution >= 4 is 27.8 Å². The first-order valence-corrected chi connectivity index (χ1v) is 5.07. The lowest BCUT2D eigenvalue weighted by Crippen LogP contribution is -2.43. The molecule has 0 aromatic heterocycles. The summed E-state index contributed by atoms with van der Waals surface area (Å²) in [6.07, 6.45) is 1.19. The Morgan fingerprint density at radius 3 is 2.38 bits per heavy atom. The number of hydrogen-bond donors (Lipinski definition) is 2. The van der Waals surface area contributed by atoms with Crippen LogP contribution in [0.3, 0.4) is 0 Å². The quantitative estimate of drug-likeness (QED) is 0.721. The fraction of sp³-hybridized carbons (Fsp3) is 0.750. The van der Waals surface area contributed by atoms with E-state index in [-0.39, 0.29) is 10.7 Å². The Hall–Kier alpha value is -0.580. The molecule has 0 aliphatic rings. The highest BCUT2D eigenvalue weighted by atomic mass is 79.9. The highest BCUT2D eigenvalue weighted by Gasteiger charge is 2.20. The maximum absolute atomic E-state index is 11.1. The second kappa shape index (κ2) is 5.96. The third-order valence-electron chi connectivity index (χ3n) is 1.55. The van der Waals surface area contributed by atoms with Crippen LogP contribution in [0.5, 0.6) is 0 Å². The van der Waals surface area contributed by atoms with Crippen LogP contribution < -0.4 is 5.32 Å². The first-order chi connectivity index (χ1) is 5.99. The van der Waals surface area contributed by atoms with Gasteiger partial charge in [-0.2, -0.15) is 0 Å². The van der Waals surface area contributed by atoms with Crippen molar-refractivity contribution in [3.05, 3.63) is 0 Å². The number of aliphatic carboxylic acids is 1. The van der Waals surface area contributed by atoms with E-state index in [1.165, 1.54) is 0 Å². The number of carboxylic acid groups (broad SMARTS) is 1. The van der Waals surface area contributed by atoms with Gasteiger partial charge >= 0.3 is 5.97 Å². The zero-order valence-corrected chi connectivity index (χ0v) is 9.30. The van der Waals surface area contributed by atoms with Crippen molar-refractivity contribution in [2.24, 2.45) is 0 Å². The number of carbonyl (C=O) groups is 2. The minimum absolute atomic E-state index is 0.291. The molecule has 0 radical (unpaired) electrons. The van der Waals surface area contributed by atoms with Gasteiger partial charge in [0.15, 0.2) is 0 Å². The van der Waals surface area contributed by atoms with E-state index in [0.717, 1.165) is 6.42 Å². The Morgan fingerprint density at radius 2 is 2.08 bits per heavy atom. The third kappa shape index (κ3) is 4.87. The monoisotopic (exact) mass is 251 g/mol. The summed E-state index contributed by atoms with van der Waals surface area (Å²) in [6.45, 7) is 3.53. The Kier molecular flexibility index (Phi) is 5.70. The Balaban J connectivity index is 4.10. The first-order valence-electron chi connectivity index (χ1n) is 4.16.